The lowest BCUT2D eigenvalue weighted by Gasteiger charge is -2.20. The number of rotatable bonds is 4. The van der Waals surface area contributed by atoms with Gasteiger partial charge in [-0.1, -0.05) is 23.7 Å². The molecule has 100 valence electrons. The molecule has 0 bridgehead atoms. The lowest BCUT2D eigenvalue weighted by atomic mass is 10.1. The van der Waals surface area contributed by atoms with Crippen LogP contribution in [-0.4, -0.2) is 7.05 Å². The van der Waals surface area contributed by atoms with Gasteiger partial charge in [0.25, 0.3) is 0 Å². The largest absolute Gasteiger partial charge is 0.370 e. The molecule has 0 aliphatic carbocycles. The van der Waals surface area contributed by atoms with E-state index in [1.165, 1.54) is 12.1 Å². The first-order chi connectivity index (χ1) is 9.10. The third kappa shape index (κ3) is 3.46. The molecule has 0 aliphatic rings. The van der Waals surface area contributed by atoms with Crippen LogP contribution in [0.4, 0.5) is 10.1 Å². The fourth-order valence-corrected chi connectivity index (χ4v) is 2.15. The third-order valence-corrected chi connectivity index (χ3v) is 3.38. The Bertz CT molecular complexity index is 555. The summed E-state index contributed by atoms with van der Waals surface area (Å²) in [7, 11) is 1.94. The average molecular weight is 279 g/mol. The molecule has 2 rings (SSSR count). The first-order valence-corrected chi connectivity index (χ1v) is 6.42. The number of nitrogens with two attached hydrogens (primary N) is 1. The SMILES string of the molecule is CN(Cc1ccc(CN)cc1Cl)c1ccc(F)cc1. The molecule has 0 unspecified atom stereocenters. The number of hydrogen-bond acceptors (Lipinski definition) is 2. The Balaban J connectivity index is 2.14. The molecule has 0 spiro atoms. The van der Waals surface area contributed by atoms with Gasteiger partial charge in [-0.2, -0.15) is 0 Å². The van der Waals surface area contributed by atoms with Crippen molar-refractivity contribution < 1.29 is 4.39 Å². The molecule has 0 fully saturated rings. The summed E-state index contributed by atoms with van der Waals surface area (Å²) in [4.78, 5) is 2.02. The second kappa shape index (κ2) is 6.04. The molecule has 2 nitrogen and oxygen atoms in total. The van der Waals surface area contributed by atoms with E-state index in [4.69, 9.17) is 17.3 Å². The van der Waals surface area contributed by atoms with Crippen LogP contribution in [0.15, 0.2) is 42.5 Å². The highest BCUT2D eigenvalue weighted by Crippen LogP contribution is 2.22. The Morgan fingerprint density at radius 3 is 2.42 bits per heavy atom. The van der Waals surface area contributed by atoms with Crippen LogP contribution in [0.1, 0.15) is 11.1 Å². The van der Waals surface area contributed by atoms with E-state index in [0.29, 0.717) is 18.1 Å². The third-order valence-electron chi connectivity index (χ3n) is 3.03. The zero-order chi connectivity index (χ0) is 13.8. The molecule has 2 aromatic rings. The van der Waals surface area contributed by atoms with Crippen molar-refractivity contribution in [2.45, 2.75) is 13.1 Å². The first kappa shape index (κ1) is 13.8. The van der Waals surface area contributed by atoms with E-state index in [1.54, 1.807) is 12.1 Å². The monoisotopic (exact) mass is 278 g/mol. The fourth-order valence-electron chi connectivity index (χ4n) is 1.89. The molecule has 2 N–H and O–H groups in total. The summed E-state index contributed by atoms with van der Waals surface area (Å²) < 4.78 is 12.9. The zero-order valence-electron chi connectivity index (χ0n) is 10.7. The van der Waals surface area contributed by atoms with Gasteiger partial charge in [-0.15, -0.1) is 0 Å². The van der Waals surface area contributed by atoms with Crippen LogP contribution >= 0.6 is 11.6 Å². The van der Waals surface area contributed by atoms with E-state index in [-0.39, 0.29) is 5.82 Å². The summed E-state index contributed by atoms with van der Waals surface area (Å²) in [6, 6.07) is 12.2. The van der Waals surface area contributed by atoms with E-state index in [1.807, 2.05) is 30.1 Å². The van der Waals surface area contributed by atoms with E-state index < -0.39 is 0 Å². The summed E-state index contributed by atoms with van der Waals surface area (Å²) in [6.07, 6.45) is 0. The minimum Gasteiger partial charge on any atom is -0.370 e. The lowest BCUT2D eigenvalue weighted by Crippen LogP contribution is -2.16. The van der Waals surface area contributed by atoms with Crippen LogP contribution in [0.3, 0.4) is 0 Å². The van der Waals surface area contributed by atoms with Gasteiger partial charge in [0.2, 0.25) is 0 Å². The molecule has 0 aliphatic heterocycles. The van der Waals surface area contributed by atoms with Gasteiger partial charge < -0.3 is 10.6 Å². The van der Waals surface area contributed by atoms with E-state index in [0.717, 1.165) is 16.8 Å². The number of nitrogens with zero attached hydrogens (tertiary/aromatic N) is 1. The molecule has 0 amide bonds. The standard InChI is InChI=1S/C15H16ClFN2/c1-19(14-6-4-13(17)5-7-14)10-12-3-2-11(9-18)8-15(12)16/h2-8H,9-10,18H2,1H3. The second-order valence-corrected chi connectivity index (χ2v) is 4.87. The summed E-state index contributed by atoms with van der Waals surface area (Å²) in [6.45, 7) is 1.14. The summed E-state index contributed by atoms with van der Waals surface area (Å²) in [5.74, 6) is -0.234. The zero-order valence-corrected chi connectivity index (χ0v) is 11.5. The maximum atomic E-state index is 12.9. The summed E-state index contributed by atoms with van der Waals surface area (Å²) >= 11 is 6.22. The molecule has 19 heavy (non-hydrogen) atoms. The minimum atomic E-state index is -0.234. The smallest absolute Gasteiger partial charge is 0.123 e. The van der Waals surface area contributed by atoms with Gasteiger partial charge in [-0.3, -0.25) is 0 Å². The highest BCUT2D eigenvalue weighted by Gasteiger charge is 2.06. The number of benzene rings is 2. The van der Waals surface area contributed by atoms with Crippen LogP contribution in [-0.2, 0) is 13.1 Å². The Morgan fingerprint density at radius 2 is 1.84 bits per heavy atom. The number of hydrogen-bond donors (Lipinski definition) is 1. The molecule has 4 heteroatoms. The predicted octanol–water partition coefficient (Wildman–Crippen LogP) is 3.57. The maximum absolute atomic E-state index is 12.9. The molecule has 2 aromatic carbocycles. The summed E-state index contributed by atoms with van der Waals surface area (Å²) in [5.41, 5.74) is 8.55. The Hall–Kier alpha value is -1.58. The van der Waals surface area contributed by atoms with Crippen molar-refractivity contribution in [2.75, 3.05) is 11.9 Å². The quantitative estimate of drug-likeness (QED) is 0.926. The number of halogens is 2. The molecule has 0 heterocycles. The van der Waals surface area contributed by atoms with Crippen LogP contribution in [0.5, 0.6) is 0 Å². The van der Waals surface area contributed by atoms with E-state index in [9.17, 15) is 4.39 Å². The second-order valence-electron chi connectivity index (χ2n) is 4.46. The van der Waals surface area contributed by atoms with Crippen LogP contribution < -0.4 is 10.6 Å². The molecule has 0 atom stereocenters. The predicted molar refractivity (Wildman–Crippen MR) is 77.9 cm³/mol. The van der Waals surface area contributed by atoms with Crippen molar-refractivity contribution in [1.29, 1.82) is 0 Å². The van der Waals surface area contributed by atoms with Crippen molar-refractivity contribution in [3.63, 3.8) is 0 Å². The highest BCUT2D eigenvalue weighted by atomic mass is 35.5. The topological polar surface area (TPSA) is 29.3 Å². The van der Waals surface area contributed by atoms with E-state index >= 15 is 0 Å². The molecule has 0 aromatic heterocycles. The van der Waals surface area contributed by atoms with Crippen LogP contribution in [0, 0.1) is 5.82 Å². The molecule has 0 saturated carbocycles. The molecular formula is C15H16ClFN2. The normalized spacial score (nSPS) is 10.5. The van der Waals surface area contributed by atoms with Gasteiger partial charge in [0, 0.05) is 30.8 Å². The summed E-state index contributed by atoms with van der Waals surface area (Å²) in [5, 5.41) is 0.705. The van der Waals surface area contributed by atoms with Crippen molar-refractivity contribution in [3.8, 4) is 0 Å². The highest BCUT2D eigenvalue weighted by molar-refractivity contribution is 6.31. The molecule has 0 radical (unpaired) electrons. The van der Waals surface area contributed by atoms with Gasteiger partial charge >= 0.3 is 0 Å². The van der Waals surface area contributed by atoms with Gasteiger partial charge in [0.1, 0.15) is 5.82 Å². The maximum Gasteiger partial charge on any atom is 0.123 e. The number of anilines is 1. The Morgan fingerprint density at radius 1 is 1.16 bits per heavy atom. The van der Waals surface area contributed by atoms with E-state index in [2.05, 4.69) is 0 Å². The van der Waals surface area contributed by atoms with Crippen LogP contribution in [0.2, 0.25) is 5.02 Å². The molecule has 0 saturated heterocycles. The Labute approximate surface area is 117 Å². The minimum absolute atomic E-state index is 0.234. The van der Waals surface area contributed by atoms with Crippen molar-refractivity contribution in [3.05, 3.63) is 64.4 Å². The lowest BCUT2D eigenvalue weighted by molar-refractivity contribution is 0.627. The average Bonchev–Trinajstić information content (AvgIpc) is 2.41. The Kier molecular flexibility index (Phi) is 4.40. The van der Waals surface area contributed by atoms with Gasteiger partial charge in [0.15, 0.2) is 0 Å². The van der Waals surface area contributed by atoms with Gasteiger partial charge in [0.05, 0.1) is 0 Å². The van der Waals surface area contributed by atoms with Crippen molar-refractivity contribution >= 4 is 17.3 Å². The van der Waals surface area contributed by atoms with Gasteiger partial charge in [-0.25, -0.2) is 4.39 Å². The van der Waals surface area contributed by atoms with Crippen molar-refractivity contribution in [1.82, 2.24) is 0 Å². The van der Waals surface area contributed by atoms with Crippen LogP contribution in [0.25, 0.3) is 0 Å². The first-order valence-electron chi connectivity index (χ1n) is 6.04. The van der Waals surface area contributed by atoms with Crippen molar-refractivity contribution in [2.24, 2.45) is 5.73 Å². The van der Waals surface area contributed by atoms with Gasteiger partial charge in [-0.05, 0) is 41.5 Å². The fraction of sp³-hybridized carbons (Fsp3) is 0.200. The molecular weight excluding hydrogens is 263 g/mol.